The Morgan fingerprint density at radius 3 is 2.64 bits per heavy atom. The molecule has 1 saturated carbocycles. The van der Waals surface area contributed by atoms with E-state index in [1.54, 1.807) is 11.3 Å². The minimum absolute atomic E-state index is 0.595. The Balaban J connectivity index is 1.58. The van der Waals surface area contributed by atoms with Crippen LogP contribution in [0.3, 0.4) is 0 Å². The van der Waals surface area contributed by atoms with Crippen LogP contribution in [-0.2, 0) is 11.3 Å². The van der Waals surface area contributed by atoms with Gasteiger partial charge in [-0.1, -0.05) is 30.3 Å². The number of hydrogen-bond acceptors (Lipinski definition) is 6. The van der Waals surface area contributed by atoms with E-state index in [0.717, 1.165) is 49.3 Å². The van der Waals surface area contributed by atoms with Gasteiger partial charge in [-0.3, -0.25) is 4.90 Å². The quantitative estimate of drug-likeness (QED) is 0.649. The highest BCUT2D eigenvalue weighted by atomic mass is 32.1. The van der Waals surface area contributed by atoms with Crippen molar-refractivity contribution >= 4 is 27.4 Å². The number of nitrogens with zero attached hydrogens (tertiary/aromatic N) is 4. The van der Waals surface area contributed by atoms with E-state index < -0.39 is 0 Å². The molecular weight excluding hydrogens is 368 g/mol. The number of aromatic nitrogens is 2. The van der Waals surface area contributed by atoms with Gasteiger partial charge in [0.25, 0.3) is 0 Å². The Labute approximate surface area is 170 Å². The molecule has 2 aromatic heterocycles. The number of benzene rings is 1. The van der Waals surface area contributed by atoms with Gasteiger partial charge >= 0.3 is 0 Å². The maximum absolute atomic E-state index is 5.49. The monoisotopic (exact) mass is 394 g/mol. The average Bonchev–Trinajstić information content (AvgIpc) is 3.11. The number of thiophene rings is 1. The van der Waals surface area contributed by atoms with Gasteiger partial charge < -0.3 is 9.64 Å². The Bertz CT molecular complexity index is 948. The predicted molar refractivity (Wildman–Crippen MR) is 115 cm³/mol. The van der Waals surface area contributed by atoms with E-state index in [2.05, 4.69) is 52.6 Å². The summed E-state index contributed by atoms with van der Waals surface area (Å²) in [5.41, 5.74) is 2.49. The van der Waals surface area contributed by atoms with Gasteiger partial charge in [0, 0.05) is 37.1 Å². The molecule has 1 aliphatic carbocycles. The second-order valence-electron chi connectivity index (χ2n) is 7.74. The first-order valence-corrected chi connectivity index (χ1v) is 11.0. The van der Waals surface area contributed by atoms with E-state index in [-0.39, 0.29) is 0 Å². The molecule has 6 heteroatoms. The summed E-state index contributed by atoms with van der Waals surface area (Å²) in [6.45, 7) is 4.30. The van der Waals surface area contributed by atoms with Crippen molar-refractivity contribution in [1.82, 2.24) is 14.9 Å². The average molecular weight is 395 g/mol. The molecule has 0 unspecified atom stereocenters. The highest BCUT2D eigenvalue weighted by Gasteiger charge is 2.27. The van der Waals surface area contributed by atoms with Crippen LogP contribution in [0.25, 0.3) is 21.3 Å². The minimum Gasteiger partial charge on any atom is -0.379 e. The first kappa shape index (κ1) is 18.0. The SMILES string of the molecule is CN(c1nc(CN2CCOCC2)nc2scc(-c3ccccc3)c12)C1CCC1. The Morgan fingerprint density at radius 1 is 1.14 bits per heavy atom. The lowest BCUT2D eigenvalue weighted by Gasteiger charge is -2.36. The molecule has 0 bridgehead atoms. The van der Waals surface area contributed by atoms with E-state index >= 15 is 0 Å². The third kappa shape index (κ3) is 3.41. The van der Waals surface area contributed by atoms with Crippen molar-refractivity contribution in [2.24, 2.45) is 0 Å². The zero-order valence-corrected chi connectivity index (χ0v) is 17.1. The van der Waals surface area contributed by atoms with E-state index in [4.69, 9.17) is 14.7 Å². The fraction of sp³-hybridized carbons (Fsp3) is 0.455. The molecule has 1 aromatic carbocycles. The number of morpholine rings is 1. The van der Waals surface area contributed by atoms with Crippen molar-refractivity contribution in [3.05, 3.63) is 41.5 Å². The summed E-state index contributed by atoms with van der Waals surface area (Å²) in [7, 11) is 2.20. The Kier molecular flexibility index (Phi) is 5.01. The van der Waals surface area contributed by atoms with Crippen molar-refractivity contribution in [2.45, 2.75) is 31.8 Å². The normalized spacial score (nSPS) is 18.3. The van der Waals surface area contributed by atoms with Crippen LogP contribution in [0.15, 0.2) is 35.7 Å². The molecule has 3 heterocycles. The summed E-state index contributed by atoms with van der Waals surface area (Å²) in [6, 6.07) is 11.2. The second-order valence-corrected chi connectivity index (χ2v) is 8.60. The van der Waals surface area contributed by atoms with Crippen molar-refractivity contribution < 1.29 is 4.74 Å². The number of rotatable bonds is 5. The third-order valence-corrected chi connectivity index (χ3v) is 6.84. The molecule has 1 saturated heterocycles. The molecule has 5 rings (SSSR count). The number of anilines is 1. The first-order valence-electron chi connectivity index (χ1n) is 10.2. The molecule has 1 aliphatic heterocycles. The largest absolute Gasteiger partial charge is 0.379 e. The van der Waals surface area contributed by atoms with Crippen LogP contribution >= 0.6 is 11.3 Å². The molecule has 2 aliphatic rings. The van der Waals surface area contributed by atoms with Crippen LogP contribution in [0.1, 0.15) is 25.1 Å². The molecule has 0 atom stereocenters. The lowest BCUT2D eigenvalue weighted by atomic mass is 9.91. The lowest BCUT2D eigenvalue weighted by Crippen LogP contribution is -2.38. The summed E-state index contributed by atoms with van der Waals surface area (Å²) in [4.78, 5) is 15.9. The molecule has 3 aromatic rings. The summed E-state index contributed by atoms with van der Waals surface area (Å²) >= 11 is 1.73. The fourth-order valence-corrected chi connectivity index (χ4v) is 4.99. The summed E-state index contributed by atoms with van der Waals surface area (Å²) < 4.78 is 5.49. The van der Waals surface area contributed by atoms with Gasteiger partial charge in [0.05, 0.1) is 25.1 Å². The van der Waals surface area contributed by atoms with Crippen LogP contribution in [-0.4, -0.2) is 54.3 Å². The minimum atomic E-state index is 0.595. The zero-order chi connectivity index (χ0) is 18.9. The van der Waals surface area contributed by atoms with Crippen LogP contribution < -0.4 is 4.90 Å². The Hall–Kier alpha value is -2.02. The first-order chi connectivity index (χ1) is 13.8. The lowest BCUT2D eigenvalue weighted by molar-refractivity contribution is 0.0331. The van der Waals surface area contributed by atoms with E-state index in [1.165, 1.54) is 35.8 Å². The molecule has 0 spiro atoms. The van der Waals surface area contributed by atoms with Crippen LogP contribution in [0.5, 0.6) is 0 Å². The van der Waals surface area contributed by atoms with Crippen LogP contribution in [0, 0.1) is 0 Å². The number of fused-ring (bicyclic) bond motifs is 1. The summed E-state index contributed by atoms with van der Waals surface area (Å²) in [6.07, 6.45) is 3.83. The van der Waals surface area contributed by atoms with Gasteiger partial charge in [-0.25, -0.2) is 9.97 Å². The molecule has 0 amide bonds. The highest BCUT2D eigenvalue weighted by Crippen LogP contribution is 2.40. The van der Waals surface area contributed by atoms with Crippen LogP contribution in [0.4, 0.5) is 5.82 Å². The molecule has 146 valence electrons. The van der Waals surface area contributed by atoms with E-state index in [0.29, 0.717) is 6.04 Å². The molecule has 0 radical (unpaired) electrons. The van der Waals surface area contributed by atoms with E-state index in [1.807, 2.05) is 0 Å². The van der Waals surface area contributed by atoms with E-state index in [9.17, 15) is 0 Å². The van der Waals surface area contributed by atoms with Crippen molar-refractivity contribution in [1.29, 1.82) is 0 Å². The smallest absolute Gasteiger partial charge is 0.146 e. The number of hydrogen-bond donors (Lipinski definition) is 0. The second kappa shape index (κ2) is 7.78. The topological polar surface area (TPSA) is 41.5 Å². The van der Waals surface area contributed by atoms with Gasteiger partial charge in [0.15, 0.2) is 0 Å². The van der Waals surface area contributed by atoms with Crippen molar-refractivity contribution in [2.75, 3.05) is 38.3 Å². The zero-order valence-electron chi connectivity index (χ0n) is 16.3. The van der Waals surface area contributed by atoms with Crippen molar-refractivity contribution in [3.8, 4) is 11.1 Å². The summed E-state index contributed by atoms with van der Waals surface area (Å²) in [5.74, 6) is 2.02. The number of ether oxygens (including phenoxy) is 1. The third-order valence-electron chi connectivity index (χ3n) is 5.97. The molecule has 5 nitrogen and oxygen atoms in total. The van der Waals surface area contributed by atoms with Gasteiger partial charge in [-0.2, -0.15) is 0 Å². The maximum Gasteiger partial charge on any atom is 0.146 e. The van der Waals surface area contributed by atoms with Gasteiger partial charge in [-0.15, -0.1) is 11.3 Å². The van der Waals surface area contributed by atoms with Crippen LogP contribution in [0.2, 0.25) is 0 Å². The Morgan fingerprint density at radius 2 is 1.93 bits per heavy atom. The highest BCUT2D eigenvalue weighted by molar-refractivity contribution is 7.17. The molecule has 28 heavy (non-hydrogen) atoms. The molecule has 0 N–H and O–H groups in total. The molecule has 2 fully saturated rings. The standard InChI is InChI=1S/C22H26N4OS/c1-25(17-8-5-9-17)21-20-18(16-6-3-2-4-7-16)15-28-22(20)24-19(23-21)14-26-10-12-27-13-11-26/h2-4,6-7,15,17H,5,8-14H2,1H3. The molecular formula is C22H26N4OS. The fourth-order valence-electron chi connectivity index (χ4n) is 4.03. The predicted octanol–water partition coefficient (Wildman–Crippen LogP) is 4.18. The van der Waals surface area contributed by atoms with Gasteiger partial charge in [-0.05, 0) is 24.8 Å². The summed E-state index contributed by atoms with van der Waals surface area (Å²) in [5, 5.41) is 3.45. The van der Waals surface area contributed by atoms with Gasteiger partial charge in [0.1, 0.15) is 16.5 Å². The maximum atomic E-state index is 5.49. The van der Waals surface area contributed by atoms with Gasteiger partial charge in [0.2, 0.25) is 0 Å². The van der Waals surface area contributed by atoms with Crippen molar-refractivity contribution in [3.63, 3.8) is 0 Å².